The van der Waals surface area contributed by atoms with Gasteiger partial charge in [0.25, 0.3) is 0 Å². The van der Waals surface area contributed by atoms with Crippen LogP contribution in [0.3, 0.4) is 0 Å². The fraction of sp³-hybridized carbons (Fsp3) is 0.833. The SMILES string of the molecule is CC(=N)CC(N)OCCN. The molecule has 0 aliphatic heterocycles. The van der Waals surface area contributed by atoms with Gasteiger partial charge in [0.05, 0.1) is 6.61 Å². The van der Waals surface area contributed by atoms with E-state index < -0.39 is 0 Å². The third kappa shape index (κ3) is 5.68. The van der Waals surface area contributed by atoms with Gasteiger partial charge in [-0.3, -0.25) is 0 Å². The highest BCUT2D eigenvalue weighted by Crippen LogP contribution is 1.90. The van der Waals surface area contributed by atoms with Crippen LogP contribution in [0, 0.1) is 5.41 Å². The molecule has 1 unspecified atom stereocenters. The molecular formula is C6H15N3O. The van der Waals surface area contributed by atoms with Crippen LogP contribution < -0.4 is 11.5 Å². The lowest BCUT2D eigenvalue weighted by Gasteiger charge is -2.10. The van der Waals surface area contributed by atoms with Crippen LogP contribution >= 0.6 is 0 Å². The summed E-state index contributed by atoms with van der Waals surface area (Å²) >= 11 is 0. The van der Waals surface area contributed by atoms with E-state index >= 15 is 0 Å². The highest BCUT2D eigenvalue weighted by molar-refractivity contribution is 5.78. The van der Waals surface area contributed by atoms with Crippen molar-refractivity contribution in [2.24, 2.45) is 11.5 Å². The van der Waals surface area contributed by atoms with Gasteiger partial charge >= 0.3 is 0 Å². The van der Waals surface area contributed by atoms with Crippen molar-refractivity contribution in [2.45, 2.75) is 19.6 Å². The maximum atomic E-state index is 7.07. The number of ether oxygens (including phenoxy) is 1. The summed E-state index contributed by atoms with van der Waals surface area (Å²) in [6.07, 6.45) is 0.126. The molecule has 0 aliphatic carbocycles. The zero-order valence-corrected chi connectivity index (χ0v) is 6.26. The molecule has 0 saturated carbocycles. The van der Waals surface area contributed by atoms with Crippen molar-refractivity contribution >= 4 is 5.71 Å². The van der Waals surface area contributed by atoms with Gasteiger partial charge in [-0.2, -0.15) is 0 Å². The van der Waals surface area contributed by atoms with Crippen molar-refractivity contribution in [3.8, 4) is 0 Å². The van der Waals surface area contributed by atoms with Crippen molar-refractivity contribution < 1.29 is 4.74 Å². The Morgan fingerprint density at radius 1 is 1.70 bits per heavy atom. The number of nitrogens with two attached hydrogens (primary N) is 2. The van der Waals surface area contributed by atoms with E-state index in [9.17, 15) is 0 Å². The first-order chi connectivity index (χ1) is 4.66. The minimum atomic E-state index is -0.360. The Bertz CT molecular complexity index is 105. The molecule has 4 nitrogen and oxygen atoms in total. The largest absolute Gasteiger partial charge is 0.362 e. The van der Waals surface area contributed by atoms with Gasteiger partial charge < -0.3 is 21.6 Å². The normalized spacial score (nSPS) is 13.1. The second kappa shape index (κ2) is 5.34. The fourth-order valence-electron chi connectivity index (χ4n) is 0.580. The van der Waals surface area contributed by atoms with Gasteiger partial charge in [0.2, 0.25) is 0 Å². The molecular weight excluding hydrogens is 130 g/mol. The van der Waals surface area contributed by atoms with Crippen LogP contribution in [0.1, 0.15) is 13.3 Å². The first-order valence-electron chi connectivity index (χ1n) is 3.28. The summed E-state index contributed by atoms with van der Waals surface area (Å²) in [6.45, 7) is 2.64. The lowest BCUT2D eigenvalue weighted by atomic mass is 10.3. The summed E-state index contributed by atoms with van der Waals surface area (Å²) in [7, 11) is 0. The van der Waals surface area contributed by atoms with Crippen molar-refractivity contribution in [3.63, 3.8) is 0 Å². The van der Waals surface area contributed by atoms with Gasteiger partial charge in [-0.25, -0.2) is 0 Å². The first kappa shape index (κ1) is 9.55. The van der Waals surface area contributed by atoms with Crippen LogP contribution in [0.15, 0.2) is 0 Å². The third-order valence-corrected chi connectivity index (χ3v) is 0.957. The molecule has 4 heteroatoms. The molecule has 1 atom stereocenters. The lowest BCUT2D eigenvalue weighted by molar-refractivity contribution is 0.0684. The highest BCUT2D eigenvalue weighted by atomic mass is 16.5. The molecule has 0 aliphatic rings. The van der Waals surface area contributed by atoms with E-state index in [4.69, 9.17) is 21.6 Å². The second-order valence-corrected chi connectivity index (χ2v) is 2.18. The Morgan fingerprint density at radius 2 is 2.30 bits per heavy atom. The zero-order valence-electron chi connectivity index (χ0n) is 6.26. The van der Waals surface area contributed by atoms with Crippen molar-refractivity contribution in [1.29, 1.82) is 5.41 Å². The maximum absolute atomic E-state index is 7.07. The van der Waals surface area contributed by atoms with E-state index in [0.29, 0.717) is 25.3 Å². The maximum Gasteiger partial charge on any atom is 0.110 e. The Labute approximate surface area is 61.0 Å². The number of hydrogen-bond acceptors (Lipinski definition) is 4. The summed E-state index contributed by atoms with van der Waals surface area (Å²) in [5.41, 5.74) is 11.1. The smallest absolute Gasteiger partial charge is 0.110 e. The molecule has 0 heterocycles. The van der Waals surface area contributed by atoms with E-state index in [-0.39, 0.29) is 6.23 Å². The molecule has 0 amide bonds. The van der Waals surface area contributed by atoms with Crippen molar-refractivity contribution in [3.05, 3.63) is 0 Å². The Kier molecular flexibility index (Phi) is 5.10. The minimum Gasteiger partial charge on any atom is -0.362 e. The van der Waals surface area contributed by atoms with Crippen LogP contribution in [0.2, 0.25) is 0 Å². The Hall–Kier alpha value is -0.450. The van der Waals surface area contributed by atoms with Crippen molar-refractivity contribution in [1.82, 2.24) is 0 Å². The topological polar surface area (TPSA) is 85.1 Å². The molecule has 0 fully saturated rings. The van der Waals surface area contributed by atoms with Crippen molar-refractivity contribution in [2.75, 3.05) is 13.2 Å². The molecule has 0 bridgehead atoms. The van der Waals surface area contributed by atoms with E-state index in [1.165, 1.54) is 0 Å². The number of rotatable bonds is 5. The average molecular weight is 145 g/mol. The van der Waals surface area contributed by atoms with Crippen LogP contribution in [-0.2, 0) is 4.74 Å². The van der Waals surface area contributed by atoms with Gasteiger partial charge in [0.1, 0.15) is 6.23 Å². The Morgan fingerprint density at radius 3 is 2.70 bits per heavy atom. The lowest BCUT2D eigenvalue weighted by Crippen LogP contribution is -2.28. The van der Waals surface area contributed by atoms with Crippen LogP contribution in [-0.4, -0.2) is 25.1 Å². The molecule has 0 spiro atoms. The summed E-state index contributed by atoms with van der Waals surface area (Å²) < 4.78 is 5.01. The van der Waals surface area contributed by atoms with Crippen LogP contribution in [0.25, 0.3) is 0 Å². The fourth-order valence-corrected chi connectivity index (χ4v) is 0.580. The predicted octanol–water partition coefficient (Wildman–Crippen LogP) is -0.324. The summed E-state index contributed by atoms with van der Waals surface area (Å²) in [4.78, 5) is 0. The monoisotopic (exact) mass is 145 g/mol. The van der Waals surface area contributed by atoms with Crippen LogP contribution in [0.5, 0.6) is 0 Å². The Balaban J connectivity index is 3.25. The highest BCUT2D eigenvalue weighted by Gasteiger charge is 2.01. The van der Waals surface area contributed by atoms with Gasteiger partial charge in [0.15, 0.2) is 0 Å². The zero-order chi connectivity index (χ0) is 7.98. The molecule has 10 heavy (non-hydrogen) atoms. The predicted molar refractivity (Wildman–Crippen MR) is 41.0 cm³/mol. The van der Waals surface area contributed by atoms with E-state index in [0.717, 1.165) is 0 Å². The summed E-state index contributed by atoms with van der Waals surface area (Å²) in [5, 5.41) is 7.07. The third-order valence-electron chi connectivity index (χ3n) is 0.957. The molecule has 0 radical (unpaired) electrons. The summed E-state index contributed by atoms with van der Waals surface area (Å²) in [6, 6.07) is 0. The van der Waals surface area contributed by atoms with Gasteiger partial charge in [-0.15, -0.1) is 0 Å². The van der Waals surface area contributed by atoms with Gasteiger partial charge in [0, 0.05) is 18.7 Å². The molecule has 0 aromatic rings. The molecule has 5 N–H and O–H groups in total. The van der Waals surface area contributed by atoms with E-state index in [2.05, 4.69) is 0 Å². The van der Waals surface area contributed by atoms with Gasteiger partial charge in [-0.1, -0.05) is 0 Å². The standard InChI is InChI=1S/C6H15N3O/c1-5(8)4-6(9)10-3-2-7/h6,8H,2-4,7,9H2,1H3. The number of hydrogen-bond donors (Lipinski definition) is 3. The molecule has 0 rings (SSSR count). The first-order valence-corrected chi connectivity index (χ1v) is 3.28. The molecule has 0 aromatic carbocycles. The second-order valence-electron chi connectivity index (χ2n) is 2.18. The average Bonchev–Trinajstić information content (AvgIpc) is 1.82. The van der Waals surface area contributed by atoms with Gasteiger partial charge in [-0.05, 0) is 6.92 Å². The van der Waals surface area contributed by atoms with Crippen LogP contribution in [0.4, 0.5) is 0 Å². The van der Waals surface area contributed by atoms with E-state index in [1.807, 2.05) is 0 Å². The summed E-state index contributed by atoms with van der Waals surface area (Å²) in [5.74, 6) is 0. The minimum absolute atomic E-state index is 0.360. The molecule has 0 aromatic heterocycles. The molecule has 0 saturated heterocycles. The number of nitrogens with one attached hydrogen (secondary N) is 1. The quantitative estimate of drug-likeness (QED) is 0.366. The molecule has 60 valence electrons. The van der Waals surface area contributed by atoms with E-state index in [1.54, 1.807) is 6.92 Å².